The average molecular weight is 793 g/mol. The highest BCUT2D eigenvalue weighted by Gasteiger charge is 2.40. The summed E-state index contributed by atoms with van der Waals surface area (Å²) in [5, 5.41) is 21.3. The second-order valence-corrected chi connectivity index (χ2v) is 14.9. The van der Waals surface area contributed by atoms with Gasteiger partial charge in [0.05, 0.1) is 69.9 Å². The second-order valence-electron chi connectivity index (χ2n) is 14.9. The van der Waals surface area contributed by atoms with Gasteiger partial charge in [-0.05, 0) is 93.5 Å². The lowest BCUT2D eigenvalue weighted by Gasteiger charge is -2.20. The predicted molar refractivity (Wildman–Crippen MR) is 242 cm³/mol. The molecule has 1 aliphatic rings. The maximum Gasteiger partial charge on any atom is 0.268 e. The summed E-state index contributed by atoms with van der Waals surface area (Å²) in [6, 6.07) is 56.9. The molecule has 286 valence electrons. The van der Waals surface area contributed by atoms with Gasteiger partial charge in [-0.3, -0.25) is 9.59 Å². The Morgan fingerprint density at radius 3 is 1.56 bits per heavy atom. The van der Waals surface area contributed by atoms with Crippen LogP contribution in [0.1, 0.15) is 31.8 Å². The molecule has 0 saturated carbocycles. The quantitative estimate of drug-likeness (QED) is 0.124. The van der Waals surface area contributed by atoms with Crippen LogP contribution >= 0.6 is 0 Å². The van der Waals surface area contributed by atoms with E-state index in [1.54, 1.807) is 48.5 Å². The fourth-order valence-corrected chi connectivity index (χ4v) is 8.51. The van der Waals surface area contributed by atoms with Gasteiger partial charge in [0.1, 0.15) is 0 Å². The summed E-state index contributed by atoms with van der Waals surface area (Å²) in [5.74, 6) is -0.919. The number of rotatable bonds is 6. The minimum atomic E-state index is -0.473. The first-order chi connectivity index (χ1) is 30.4. The van der Waals surface area contributed by atoms with E-state index >= 15 is 4.79 Å². The zero-order chi connectivity index (χ0) is 42.5. The highest BCUT2D eigenvalue weighted by Crippen LogP contribution is 2.43. The van der Waals surface area contributed by atoms with Crippen molar-refractivity contribution in [1.82, 2.24) is 4.57 Å². The van der Waals surface area contributed by atoms with Gasteiger partial charge in [-0.1, -0.05) is 115 Å². The molecule has 0 saturated heterocycles. The van der Waals surface area contributed by atoms with Crippen LogP contribution in [0.4, 0.5) is 17.1 Å². The van der Waals surface area contributed by atoms with Gasteiger partial charge in [-0.2, -0.15) is 10.5 Å². The van der Waals surface area contributed by atoms with Crippen LogP contribution in [0.3, 0.4) is 0 Å². The smallest absolute Gasteiger partial charge is 0.268 e. The number of hydrogen-bond donors (Lipinski definition) is 0. The lowest BCUT2D eigenvalue weighted by atomic mass is 9.97. The largest absolute Gasteiger partial charge is 0.308 e. The number of carbonyl (C=O) groups excluding carboxylic acids is 2. The third kappa shape index (κ3) is 6.05. The van der Waals surface area contributed by atoms with Crippen LogP contribution in [0, 0.1) is 35.8 Å². The molecule has 0 fully saturated rings. The monoisotopic (exact) mass is 792 g/mol. The highest BCUT2D eigenvalue weighted by atomic mass is 16.2. The van der Waals surface area contributed by atoms with Crippen molar-refractivity contribution in [2.45, 2.75) is 0 Å². The number of benzene rings is 8. The van der Waals surface area contributed by atoms with Crippen LogP contribution in [-0.4, -0.2) is 16.4 Å². The van der Waals surface area contributed by atoms with E-state index in [1.807, 2.05) is 126 Å². The lowest BCUT2D eigenvalue weighted by molar-refractivity contribution is 0.0926. The molecule has 0 N–H and O–H groups in total. The number of imide groups is 1. The number of anilines is 1. The van der Waals surface area contributed by atoms with Crippen molar-refractivity contribution in [3.05, 3.63) is 215 Å². The summed E-state index contributed by atoms with van der Waals surface area (Å²) in [4.78, 5) is 38.4. The normalized spacial score (nSPS) is 11.8. The van der Waals surface area contributed by atoms with E-state index < -0.39 is 11.8 Å². The Balaban J connectivity index is 1.21. The molecule has 62 heavy (non-hydrogen) atoms. The first-order valence-electron chi connectivity index (χ1n) is 19.6. The maximum atomic E-state index is 15.2. The topological polar surface area (TPSA) is 98.6 Å². The molecule has 0 unspecified atom stereocenters. The molecule has 2 heterocycles. The average Bonchev–Trinajstić information content (AvgIpc) is 3.80. The molecule has 10 rings (SSSR count). The van der Waals surface area contributed by atoms with Crippen LogP contribution in [0.2, 0.25) is 0 Å². The number of aromatic nitrogens is 1. The van der Waals surface area contributed by atoms with Gasteiger partial charge in [0.15, 0.2) is 11.4 Å². The van der Waals surface area contributed by atoms with Crippen LogP contribution < -0.4 is 4.90 Å². The number of amides is 2. The molecule has 0 aliphatic carbocycles. The highest BCUT2D eigenvalue weighted by molar-refractivity contribution is 6.36. The first-order valence-corrected chi connectivity index (χ1v) is 19.6. The molecule has 8 aromatic carbocycles. The second kappa shape index (κ2) is 14.8. The Kier molecular flexibility index (Phi) is 8.82. The van der Waals surface area contributed by atoms with E-state index in [9.17, 15) is 15.3 Å². The van der Waals surface area contributed by atoms with E-state index in [0.717, 1.165) is 55.2 Å². The molecule has 0 atom stereocenters. The Hall–Kier alpha value is -9.34. The molecule has 1 aromatic heterocycles. The van der Waals surface area contributed by atoms with Gasteiger partial charge in [-0.25, -0.2) is 14.6 Å². The lowest BCUT2D eigenvalue weighted by Crippen LogP contribution is -2.30. The molecule has 1 aliphatic heterocycles. The first kappa shape index (κ1) is 37.0. The van der Waals surface area contributed by atoms with Gasteiger partial charge in [0.2, 0.25) is 0 Å². The molecule has 2 amide bonds. The fourth-order valence-electron chi connectivity index (χ4n) is 8.51. The molecular weight excluding hydrogens is 765 g/mol. The van der Waals surface area contributed by atoms with Crippen molar-refractivity contribution in [3.63, 3.8) is 0 Å². The van der Waals surface area contributed by atoms with E-state index in [-0.39, 0.29) is 11.1 Å². The van der Waals surface area contributed by atoms with Gasteiger partial charge in [0.25, 0.3) is 11.8 Å². The van der Waals surface area contributed by atoms with Gasteiger partial charge < -0.3 is 4.57 Å². The van der Waals surface area contributed by atoms with E-state index in [0.29, 0.717) is 45.0 Å². The summed E-state index contributed by atoms with van der Waals surface area (Å²) >= 11 is 0. The van der Waals surface area contributed by atoms with Crippen LogP contribution in [0.25, 0.3) is 81.7 Å². The van der Waals surface area contributed by atoms with Crippen molar-refractivity contribution in [1.29, 1.82) is 10.5 Å². The summed E-state index contributed by atoms with van der Waals surface area (Å²) in [5.41, 5.74) is 10.6. The van der Waals surface area contributed by atoms with Crippen molar-refractivity contribution in [3.8, 4) is 62.3 Å². The number of nitrogens with zero attached hydrogens (tertiary/aromatic N) is 6. The Bertz CT molecular complexity index is 3360. The summed E-state index contributed by atoms with van der Waals surface area (Å²) in [6.45, 7) is 15.4. The standard InChI is InChI=1S/C54H28N6O2/c1-57-42-25-41(26-43(30-42)58-2)39-17-20-45-44-19-16-38(40-23-33(31-55)22-34(24-40)32-56)28-50(44)59(51(45)29-39)49-15-9-14-46-52(49)54(62)60(53(46)61)48-21-18-37(35-10-5-3-6-11-35)27-47(48)36-12-7-4-8-13-36/h3-30H. The third-order valence-electron chi connectivity index (χ3n) is 11.3. The number of hydrogen-bond acceptors (Lipinski definition) is 4. The van der Waals surface area contributed by atoms with Crippen molar-refractivity contribution in [2.75, 3.05) is 4.90 Å². The molecule has 9 aromatic rings. The predicted octanol–water partition coefficient (Wildman–Crippen LogP) is 13.1. The van der Waals surface area contributed by atoms with Crippen LogP contribution in [-0.2, 0) is 0 Å². The Labute approximate surface area is 356 Å². The summed E-state index contributed by atoms with van der Waals surface area (Å²) < 4.78 is 1.98. The van der Waals surface area contributed by atoms with E-state index in [1.165, 1.54) is 4.90 Å². The van der Waals surface area contributed by atoms with Gasteiger partial charge >= 0.3 is 0 Å². The number of carbonyl (C=O) groups is 2. The number of fused-ring (bicyclic) bond motifs is 4. The summed E-state index contributed by atoms with van der Waals surface area (Å²) in [6.07, 6.45) is 0. The number of nitriles is 2. The van der Waals surface area contributed by atoms with E-state index in [2.05, 4.69) is 21.8 Å². The molecule has 0 radical (unpaired) electrons. The third-order valence-corrected chi connectivity index (χ3v) is 11.3. The van der Waals surface area contributed by atoms with Crippen LogP contribution in [0.15, 0.2) is 170 Å². The van der Waals surface area contributed by atoms with Gasteiger partial charge in [-0.15, -0.1) is 0 Å². The Morgan fingerprint density at radius 1 is 0.435 bits per heavy atom. The Morgan fingerprint density at radius 2 is 0.984 bits per heavy atom. The summed E-state index contributed by atoms with van der Waals surface area (Å²) in [7, 11) is 0. The van der Waals surface area contributed by atoms with Gasteiger partial charge in [0, 0.05) is 16.3 Å². The fraction of sp³-hybridized carbons (Fsp3) is 0. The minimum Gasteiger partial charge on any atom is -0.308 e. The van der Waals surface area contributed by atoms with Crippen molar-refractivity contribution >= 4 is 50.7 Å². The molecule has 0 spiro atoms. The zero-order valence-electron chi connectivity index (χ0n) is 32.7. The molecule has 8 heteroatoms. The van der Waals surface area contributed by atoms with E-state index in [4.69, 9.17) is 13.1 Å². The van der Waals surface area contributed by atoms with Crippen molar-refractivity contribution in [2.24, 2.45) is 0 Å². The zero-order valence-corrected chi connectivity index (χ0v) is 32.7. The molecule has 0 bridgehead atoms. The molecule has 8 nitrogen and oxygen atoms in total. The maximum absolute atomic E-state index is 15.2. The SMILES string of the molecule is [C-]#[N+]c1cc([N+]#[C-])cc(-c2ccc3c4ccc(-c5cc(C#N)cc(C#N)c5)cc4n(-c4cccc5c4C(=O)N(c4ccc(-c6ccccc6)cc4-c4ccccc4)C5=O)c3c2)c1. The minimum absolute atomic E-state index is 0.238. The van der Waals surface area contributed by atoms with Crippen molar-refractivity contribution < 1.29 is 9.59 Å². The molecular formula is C54H28N6O2. The van der Waals surface area contributed by atoms with Crippen LogP contribution in [0.5, 0.6) is 0 Å².